The molecule has 3 rings (SSSR count). The molecule has 102 valence electrons. The Bertz CT molecular complexity index is 553. The highest BCUT2D eigenvalue weighted by atomic mass is 35.5. The minimum atomic E-state index is 0.214. The molecule has 0 saturated carbocycles. The Morgan fingerprint density at radius 1 is 1.37 bits per heavy atom. The van der Waals surface area contributed by atoms with Gasteiger partial charge in [0.05, 0.1) is 24.8 Å². The van der Waals surface area contributed by atoms with Crippen molar-refractivity contribution in [1.82, 2.24) is 25.1 Å². The van der Waals surface area contributed by atoms with Gasteiger partial charge in [-0.3, -0.25) is 10.00 Å². The van der Waals surface area contributed by atoms with E-state index in [0.29, 0.717) is 5.65 Å². The van der Waals surface area contributed by atoms with Crippen molar-refractivity contribution in [3.8, 4) is 0 Å². The van der Waals surface area contributed by atoms with Crippen molar-refractivity contribution >= 4 is 28.5 Å². The van der Waals surface area contributed by atoms with Gasteiger partial charge in [-0.15, -0.1) is 0 Å². The first kappa shape index (κ1) is 12.6. The fourth-order valence-electron chi connectivity index (χ4n) is 2.10. The highest BCUT2D eigenvalue weighted by Gasteiger charge is 2.11. The molecule has 0 bridgehead atoms. The molecule has 0 unspecified atom stereocenters. The van der Waals surface area contributed by atoms with E-state index in [0.717, 1.165) is 50.6 Å². The van der Waals surface area contributed by atoms with Gasteiger partial charge in [0.1, 0.15) is 5.82 Å². The number of anilines is 1. The van der Waals surface area contributed by atoms with Crippen LogP contribution < -0.4 is 5.32 Å². The van der Waals surface area contributed by atoms with Gasteiger partial charge in [-0.05, 0) is 11.6 Å². The molecular weight excluding hydrogens is 268 g/mol. The summed E-state index contributed by atoms with van der Waals surface area (Å²) in [7, 11) is 0. The van der Waals surface area contributed by atoms with Crippen LogP contribution in [0.5, 0.6) is 0 Å². The highest BCUT2D eigenvalue weighted by molar-refractivity contribution is 6.28. The zero-order valence-corrected chi connectivity index (χ0v) is 11.2. The molecule has 8 heteroatoms. The van der Waals surface area contributed by atoms with Crippen LogP contribution in [0.4, 0.5) is 5.82 Å². The summed E-state index contributed by atoms with van der Waals surface area (Å²) < 4.78 is 5.31. The van der Waals surface area contributed by atoms with Crippen LogP contribution in [-0.4, -0.2) is 64.5 Å². The van der Waals surface area contributed by atoms with Crippen LogP contribution in [0.2, 0.25) is 5.28 Å². The molecule has 3 heterocycles. The average molecular weight is 283 g/mol. The van der Waals surface area contributed by atoms with Gasteiger partial charge in [-0.2, -0.15) is 15.1 Å². The number of morpholine rings is 1. The van der Waals surface area contributed by atoms with Crippen molar-refractivity contribution in [3.05, 3.63) is 11.5 Å². The summed E-state index contributed by atoms with van der Waals surface area (Å²) in [6, 6.07) is 0. The first-order valence-electron chi connectivity index (χ1n) is 6.23. The first-order chi connectivity index (χ1) is 9.33. The Kier molecular flexibility index (Phi) is 3.77. The molecule has 0 radical (unpaired) electrons. The number of fused-ring (bicyclic) bond motifs is 1. The lowest BCUT2D eigenvalue weighted by atomic mass is 10.3. The number of halogens is 1. The second-order valence-corrected chi connectivity index (χ2v) is 4.69. The molecule has 0 spiro atoms. The quantitative estimate of drug-likeness (QED) is 0.806. The standard InChI is InChI=1S/C11H15ClN6O/c12-11-15-9(8-7-14-17-10(8)16-11)13-1-2-18-3-5-19-6-4-18/h7H,1-6H2,(H2,13,14,15,16,17). The van der Waals surface area contributed by atoms with Gasteiger partial charge in [0.2, 0.25) is 5.28 Å². The van der Waals surface area contributed by atoms with E-state index in [1.165, 1.54) is 0 Å². The SMILES string of the molecule is Clc1nc(NCCN2CCOCC2)c2cn[nH]c2n1. The number of nitrogens with one attached hydrogen (secondary N) is 2. The van der Waals surface area contributed by atoms with Crippen molar-refractivity contribution < 1.29 is 4.74 Å². The lowest BCUT2D eigenvalue weighted by molar-refractivity contribution is 0.0398. The highest BCUT2D eigenvalue weighted by Crippen LogP contribution is 2.19. The molecule has 0 aliphatic carbocycles. The van der Waals surface area contributed by atoms with Crippen LogP contribution in [0, 0.1) is 0 Å². The van der Waals surface area contributed by atoms with Crippen LogP contribution in [-0.2, 0) is 4.74 Å². The molecule has 0 aromatic carbocycles. The lowest BCUT2D eigenvalue weighted by Crippen LogP contribution is -2.39. The number of hydrogen-bond acceptors (Lipinski definition) is 6. The maximum Gasteiger partial charge on any atom is 0.226 e. The van der Waals surface area contributed by atoms with E-state index in [1.807, 2.05) is 0 Å². The molecule has 1 fully saturated rings. The second kappa shape index (κ2) is 5.68. The van der Waals surface area contributed by atoms with Crippen molar-refractivity contribution in [2.45, 2.75) is 0 Å². The Hall–Kier alpha value is -1.44. The summed E-state index contributed by atoms with van der Waals surface area (Å²) >= 11 is 5.87. The van der Waals surface area contributed by atoms with Crippen molar-refractivity contribution in [1.29, 1.82) is 0 Å². The predicted molar refractivity (Wildman–Crippen MR) is 72.4 cm³/mol. The van der Waals surface area contributed by atoms with Gasteiger partial charge >= 0.3 is 0 Å². The van der Waals surface area contributed by atoms with Crippen molar-refractivity contribution in [2.24, 2.45) is 0 Å². The third-order valence-electron chi connectivity index (χ3n) is 3.11. The topological polar surface area (TPSA) is 79.0 Å². The third-order valence-corrected chi connectivity index (χ3v) is 3.28. The van der Waals surface area contributed by atoms with Crippen LogP contribution >= 0.6 is 11.6 Å². The summed E-state index contributed by atoms with van der Waals surface area (Å²) in [5.74, 6) is 0.719. The van der Waals surface area contributed by atoms with Crippen LogP contribution in [0.1, 0.15) is 0 Å². The molecule has 2 aromatic heterocycles. The predicted octanol–water partition coefficient (Wildman–Crippen LogP) is 0.750. The average Bonchev–Trinajstić information content (AvgIpc) is 2.88. The summed E-state index contributed by atoms with van der Waals surface area (Å²) in [4.78, 5) is 10.6. The number of hydrogen-bond donors (Lipinski definition) is 2. The molecule has 0 amide bonds. The van der Waals surface area contributed by atoms with E-state index in [4.69, 9.17) is 16.3 Å². The summed E-state index contributed by atoms with van der Waals surface area (Å²) in [5, 5.41) is 11.1. The molecule has 19 heavy (non-hydrogen) atoms. The Balaban J connectivity index is 1.63. The van der Waals surface area contributed by atoms with Crippen LogP contribution in [0.15, 0.2) is 6.20 Å². The number of aromatic amines is 1. The first-order valence-corrected chi connectivity index (χ1v) is 6.61. The molecule has 1 aliphatic rings. The van der Waals surface area contributed by atoms with Crippen LogP contribution in [0.3, 0.4) is 0 Å². The number of ether oxygens (including phenoxy) is 1. The molecule has 2 aromatic rings. The fraction of sp³-hybridized carbons (Fsp3) is 0.545. The zero-order chi connectivity index (χ0) is 13.1. The van der Waals surface area contributed by atoms with Crippen LogP contribution in [0.25, 0.3) is 11.0 Å². The fourth-order valence-corrected chi connectivity index (χ4v) is 2.27. The van der Waals surface area contributed by atoms with Gasteiger partial charge in [0, 0.05) is 26.2 Å². The Morgan fingerprint density at radius 3 is 3.05 bits per heavy atom. The molecule has 1 saturated heterocycles. The van der Waals surface area contributed by atoms with Gasteiger partial charge < -0.3 is 10.1 Å². The minimum absolute atomic E-state index is 0.214. The van der Waals surface area contributed by atoms with Crippen molar-refractivity contribution in [3.63, 3.8) is 0 Å². The minimum Gasteiger partial charge on any atom is -0.379 e. The number of nitrogens with zero attached hydrogens (tertiary/aromatic N) is 4. The summed E-state index contributed by atoms with van der Waals surface area (Å²) in [6.45, 7) is 5.33. The van der Waals surface area contributed by atoms with E-state index in [9.17, 15) is 0 Å². The summed E-state index contributed by atoms with van der Waals surface area (Å²) in [6.07, 6.45) is 1.70. The maximum atomic E-state index is 5.87. The normalized spacial score (nSPS) is 16.9. The number of aromatic nitrogens is 4. The lowest BCUT2D eigenvalue weighted by Gasteiger charge is -2.26. The molecular formula is C11H15ClN6O. The second-order valence-electron chi connectivity index (χ2n) is 4.35. The largest absolute Gasteiger partial charge is 0.379 e. The smallest absolute Gasteiger partial charge is 0.226 e. The van der Waals surface area contributed by atoms with E-state index in [2.05, 4.69) is 30.4 Å². The zero-order valence-electron chi connectivity index (χ0n) is 10.4. The van der Waals surface area contributed by atoms with Gasteiger partial charge in [0.15, 0.2) is 5.65 Å². The maximum absolute atomic E-state index is 5.87. The Morgan fingerprint density at radius 2 is 2.21 bits per heavy atom. The number of H-pyrrole nitrogens is 1. The monoisotopic (exact) mass is 282 g/mol. The van der Waals surface area contributed by atoms with E-state index >= 15 is 0 Å². The van der Waals surface area contributed by atoms with Gasteiger partial charge in [0.25, 0.3) is 0 Å². The van der Waals surface area contributed by atoms with Crippen molar-refractivity contribution in [2.75, 3.05) is 44.7 Å². The molecule has 2 N–H and O–H groups in total. The molecule has 7 nitrogen and oxygen atoms in total. The van der Waals surface area contributed by atoms with E-state index in [-0.39, 0.29) is 5.28 Å². The molecule has 0 atom stereocenters. The summed E-state index contributed by atoms with van der Waals surface area (Å²) in [5.41, 5.74) is 0.647. The third kappa shape index (κ3) is 2.94. The van der Waals surface area contributed by atoms with E-state index in [1.54, 1.807) is 6.20 Å². The Labute approximate surface area is 115 Å². The van der Waals surface area contributed by atoms with Gasteiger partial charge in [-0.25, -0.2) is 0 Å². The molecule has 1 aliphatic heterocycles. The van der Waals surface area contributed by atoms with E-state index < -0.39 is 0 Å². The number of rotatable bonds is 4. The van der Waals surface area contributed by atoms with Gasteiger partial charge in [-0.1, -0.05) is 0 Å².